The van der Waals surface area contributed by atoms with E-state index in [1.165, 1.54) is 23.3 Å². The summed E-state index contributed by atoms with van der Waals surface area (Å²) in [4.78, 5) is 37.8. The number of likely N-dealkylation sites (tertiary alicyclic amines) is 1. The third kappa shape index (κ3) is 5.26. The van der Waals surface area contributed by atoms with Crippen molar-refractivity contribution in [3.05, 3.63) is 41.7 Å². The minimum absolute atomic E-state index is 0.0268. The molecule has 1 aliphatic heterocycles. The molecule has 1 fully saturated rings. The van der Waals surface area contributed by atoms with E-state index in [0.717, 1.165) is 11.3 Å². The lowest BCUT2D eigenvalue weighted by Gasteiger charge is -2.38. The van der Waals surface area contributed by atoms with E-state index in [9.17, 15) is 22.8 Å². The largest absolute Gasteiger partial charge is 0.459 e. The molecule has 10 nitrogen and oxygen atoms in total. The number of hydrogen-bond acceptors (Lipinski definition) is 7. The summed E-state index contributed by atoms with van der Waals surface area (Å²) >= 11 is 1.09. The lowest BCUT2D eigenvalue weighted by atomic mass is 9.96. The van der Waals surface area contributed by atoms with Gasteiger partial charge in [0.25, 0.3) is 5.91 Å². The van der Waals surface area contributed by atoms with Gasteiger partial charge in [-0.25, -0.2) is 13.1 Å². The molecule has 30 heavy (non-hydrogen) atoms. The van der Waals surface area contributed by atoms with Crippen LogP contribution in [0.25, 0.3) is 0 Å². The topological polar surface area (TPSA) is 152 Å². The summed E-state index contributed by atoms with van der Waals surface area (Å²) in [6, 6.07) is 4.73. The number of amides is 3. The number of nitrogens with zero attached hydrogens (tertiary/aromatic N) is 1. The van der Waals surface area contributed by atoms with Crippen molar-refractivity contribution in [2.75, 3.05) is 13.1 Å². The highest BCUT2D eigenvalue weighted by molar-refractivity contribution is 7.91. The van der Waals surface area contributed by atoms with E-state index in [1.54, 1.807) is 17.5 Å². The normalized spacial score (nSPS) is 19.4. The molecule has 3 amide bonds. The Morgan fingerprint density at radius 1 is 1.27 bits per heavy atom. The van der Waals surface area contributed by atoms with Gasteiger partial charge in [-0.3, -0.25) is 14.4 Å². The molecule has 0 radical (unpaired) electrons. The second-order valence-electron chi connectivity index (χ2n) is 6.77. The van der Waals surface area contributed by atoms with Gasteiger partial charge in [0.2, 0.25) is 21.8 Å². The monoisotopic (exact) mass is 454 g/mol. The standard InChI is InChI=1S/C18H22N4O6S2/c19-15(23)5-7-20-17(24)13-11-12(21-30(26,27)16-4-2-10-29-16)6-8-22(13)18(25)14-3-1-9-28-14/h1-4,9-10,12-13,21H,5-8,11H2,(H2,19,23)(H,20,24). The Hall–Kier alpha value is -2.70. The Labute approximate surface area is 177 Å². The average Bonchev–Trinajstić information content (AvgIpc) is 3.41. The molecule has 0 spiro atoms. The zero-order valence-electron chi connectivity index (χ0n) is 15.9. The number of nitrogens with two attached hydrogens (primary N) is 1. The molecule has 2 aromatic heterocycles. The van der Waals surface area contributed by atoms with Gasteiger partial charge in [-0.15, -0.1) is 11.3 Å². The second-order valence-corrected chi connectivity index (χ2v) is 9.66. The van der Waals surface area contributed by atoms with Crippen LogP contribution in [-0.4, -0.2) is 56.2 Å². The summed E-state index contributed by atoms with van der Waals surface area (Å²) < 4.78 is 33.0. The van der Waals surface area contributed by atoms with Crippen LogP contribution in [0.15, 0.2) is 44.5 Å². The molecule has 0 saturated carbocycles. The first-order valence-corrected chi connectivity index (χ1v) is 11.6. The van der Waals surface area contributed by atoms with Crippen LogP contribution in [0.4, 0.5) is 0 Å². The first-order chi connectivity index (χ1) is 14.3. The van der Waals surface area contributed by atoms with Crippen LogP contribution in [-0.2, 0) is 19.6 Å². The Morgan fingerprint density at radius 2 is 2.07 bits per heavy atom. The molecular formula is C18H22N4O6S2. The van der Waals surface area contributed by atoms with Crippen molar-refractivity contribution in [3.63, 3.8) is 0 Å². The fraction of sp³-hybridized carbons (Fsp3) is 0.389. The molecule has 2 atom stereocenters. The van der Waals surface area contributed by atoms with Gasteiger partial charge in [-0.05, 0) is 36.4 Å². The van der Waals surface area contributed by atoms with Crippen molar-refractivity contribution in [2.45, 2.75) is 35.6 Å². The highest BCUT2D eigenvalue weighted by Crippen LogP contribution is 2.23. The summed E-state index contributed by atoms with van der Waals surface area (Å²) in [5, 5.41) is 4.25. The lowest BCUT2D eigenvalue weighted by Crippen LogP contribution is -2.57. The van der Waals surface area contributed by atoms with Gasteiger partial charge in [0.15, 0.2) is 5.76 Å². The molecule has 1 aliphatic rings. The molecule has 0 aliphatic carbocycles. The Balaban J connectivity index is 1.74. The predicted octanol–water partition coefficient (Wildman–Crippen LogP) is 0.284. The first kappa shape index (κ1) is 22.0. The number of nitrogens with one attached hydrogen (secondary N) is 2. The molecule has 0 bridgehead atoms. The predicted molar refractivity (Wildman–Crippen MR) is 108 cm³/mol. The summed E-state index contributed by atoms with van der Waals surface area (Å²) in [6.07, 6.45) is 1.73. The van der Waals surface area contributed by atoms with Gasteiger partial charge < -0.3 is 20.4 Å². The van der Waals surface area contributed by atoms with Crippen molar-refractivity contribution < 1.29 is 27.2 Å². The minimum atomic E-state index is -3.72. The third-order valence-electron chi connectivity index (χ3n) is 4.65. The first-order valence-electron chi connectivity index (χ1n) is 9.24. The van der Waals surface area contributed by atoms with Crippen LogP contribution in [0.3, 0.4) is 0 Å². The van der Waals surface area contributed by atoms with E-state index in [1.807, 2.05) is 0 Å². The lowest BCUT2D eigenvalue weighted by molar-refractivity contribution is -0.127. The van der Waals surface area contributed by atoms with Crippen molar-refractivity contribution >= 4 is 39.1 Å². The highest BCUT2D eigenvalue weighted by atomic mass is 32.2. The zero-order chi connectivity index (χ0) is 21.7. The molecular weight excluding hydrogens is 432 g/mol. The molecule has 3 heterocycles. The molecule has 162 valence electrons. The van der Waals surface area contributed by atoms with Gasteiger partial charge in [0, 0.05) is 25.6 Å². The van der Waals surface area contributed by atoms with E-state index in [2.05, 4.69) is 10.0 Å². The Kier molecular flexibility index (Phi) is 6.90. The van der Waals surface area contributed by atoms with E-state index in [4.69, 9.17) is 10.2 Å². The number of rotatable bonds is 8. The fourth-order valence-electron chi connectivity index (χ4n) is 3.23. The summed E-state index contributed by atoms with van der Waals surface area (Å²) in [5.41, 5.74) is 5.09. The van der Waals surface area contributed by atoms with Gasteiger partial charge in [-0.2, -0.15) is 0 Å². The van der Waals surface area contributed by atoms with Crippen molar-refractivity contribution in [3.8, 4) is 0 Å². The quantitative estimate of drug-likeness (QED) is 0.521. The SMILES string of the molecule is NC(=O)CCNC(=O)C1CC(NS(=O)(=O)c2cccs2)CCN1C(=O)c1ccco1. The van der Waals surface area contributed by atoms with E-state index >= 15 is 0 Å². The number of piperidine rings is 1. The Morgan fingerprint density at radius 3 is 2.70 bits per heavy atom. The summed E-state index contributed by atoms with van der Waals surface area (Å²) in [5.74, 6) is -1.43. The van der Waals surface area contributed by atoms with Crippen LogP contribution in [0.2, 0.25) is 0 Å². The van der Waals surface area contributed by atoms with Gasteiger partial charge in [0.05, 0.1) is 6.26 Å². The molecule has 0 aromatic carbocycles. The average molecular weight is 455 g/mol. The molecule has 4 N–H and O–H groups in total. The number of primary amides is 1. The van der Waals surface area contributed by atoms with E-state index in [-0.39, 0.29) is 35.9 Å². The van der Waals surface area contributed by atoms with Crippen molar-refractivity contribution in [1.29, 1.82) is 0 Å². The Bertz CT molecular complexity index is 988. The minimum Gasteiger partial charge on any atom is -0.459 e. The van der Waals surface area contributed by atoms with E-state index < -0.39 is 39.8 Å². The van der Waals surface area contributed by atoms with Gasteiger partial charge in [0.1, 0.15) is 10.3 Å². The van der Waals surface area contributed by atoms with Crippen molar-refractivity contribution in [1.82, 2.24) is 14.9 Å². The van der Waals surface area contributed by atoms with Crippen LogP contribution < -0.4 is 15.8 Å². The molecule has 12 heteroatoms. The maximum atomic E-state index is 12.8. The van der Waals surface area contributed by atoms with Crippen LogP contribution >= 0.6 is 11.3 Å². The number of hydrogen-bond donors (Lipinski definition) is 3. The number of furan rings is 1. The second kappa shape index (κ2) is 9.41. The summed E-state index contributed by atoms with van der Waals surface area (Å²) in [7, 11) is -3.72. The maximum Gasteiger partial charge on any atom is 0.290 e. The van der Waals surface area contributed by atoms with E-state index in [0.29, 0.717) is 6.42 Å². The third-order valence-corrected chi connectivity index (χ3v) is 7.57. The van der Waals surface area contributed by atoms with Crippen LogP contribution in [0.5, 0.6) is 0 Å². The molecule has 2 unspecified atom stereocenters. The van der Waals surface area contributed by atoms with Crippen molar-refractivity contribution in [2.24, 2.45) is 5.73 Å². The molecule has 1 saturated heterocycles. The van der Waals surface area contributed by atoms with Gasteiger partial charge in [-0.1, -0.05) is 6.07 Å². The van der Waals surface area contributed by atoms with Gasteiger partial charge >= 0.3 is 0 Å². The number of thiophene rings is 1. The summed E-state index contributed by atoms with van der Waals surface area (Å²) in [6.45, 7) is 0.185. The molecule has 3 rings (SSSR count). The highest BCUT2D eigenvalue weighted by Gasteiger charge is 2.38. The smallest absolute Gasteiger partial charge is 0.290 e. The maximum absolute atomic E-state index is 12.8. The fourth-order valence-corrected chi connectivity index (χ4v) is 5.52. The van der Waals surface area contributed by atoms with Crippen LogP contribution in [0, 0.1) is 0 Å². The molecule has 2 aromatic rings. The number of carbonyl (C=O) groups is 3. The van der Waals surface area contributed by atoms with Crippen LogP contribution in [0.1, 0.15) is 29.8 Å². The number of carbonyl (C=O) groups excluding carboxylic acids is 3. The number of sulfonamides is 1. The zero-order valence-corrected chi connectivity index (χ0v) is 17.6.